The lowest BCUT2D eigenvalue weighted by Gasteiger charge is -2.09. The van der Waals surface area contributed by atoms with Crippen LogP contribution < -0.4 is 5.32 Å². The van der Waals surface area contributed by atoms with Crippen LogP contribution in [0.15, 0.2) is 42.6 Å². The second-order valence-electron chi connectivity index (χ2n) is 5.41. The Bertz CT molecular complexity index is 968. The maximum Gasteiger partial charge on any atom is 0.337 e. The quantitative estimate of drug-likeness (QED) is 0.692. The molecule has 1 heterocycles. The number of methoxy groups -OCH3 is 1. The van der Waals surface area contributed by atoms with Gasteiger partial charge in [-0.1, -0.05) is 11.6 Å². The third-order valence-corrected chi connectivity index (χ3v) is 4.07. The fourth-order valence-electron chi connectivity index (χ4n) is 2.54. The highest BCUT2D eigenvalue weighted by Gasteiger charge is 2.13. The third kappa shape index (κ3) is 3.64. The normalized spacial score (nSPS) is 10.7. The van der Waals surface area contributed by atoms with Crippen LogP contribution in [0, 0.1) is 5.82 Å². The number of aromatic nitrogens is 1. The van der Waals surface area contributed by atoms with Crippen molar-refractivity contribution < 1.29 is 18.7 Å². The first-order chi connectivity index (χ1) is 12.0. The second kappa shape index (κ2) is 6.94. The number of benzene rings is 2. The van der Waals surface area contributed by atoms with Gasteiger partial charge in [-0.15, -0.1) is 0 Å². The zero-order valence-corrected chi connectivity index (χ0v) is 14.0. The predicted molar refractivity (Wildman–Crippen MR) is 93.4 cm³/mol. The van der Waals surface area contributed by atoms with Gasteiger partial charge in [-0.3, -0.25) is 4.79 Å². The summed E-state index contributed by atoms with van der Waals surface area (Å²) in [5.41, 5.74) is 1.95. The maximum absolute atomic E-state index is 13.2. The van der Waals surface area contributed by atoms with Gasteiger partial charge in [-0.25, -0.2) is 9.18 Å². The molecule has 0 aliphatic carbocycles. The summed E-state index contributed by atoms with van der Waals surface area (Å²) < 4.78 is 17.9. The highest BCUT2D eigenvalue weighted by Crippen LogP contribution is 2.25. The van der Waals surface area contributed by atoms with Gasteiger partial charge in [0.15, 0.2) is 0 Å². The SMILES string of the molecule is COC(=O)c1ccc(Cl)c(NC(=O)Cc2c[nH]c3cc(F)ccc23)c1. The third-order valence-electron chi connectivity index (χ3n) is 3.74. The number of carbonyl (C=O) groups excluding carboxylic acids is 2. The monoisotopic (exact) mass is 360 g/mol. The molecule has 0 atom stereocenters. The lowest BCUT2D eigenvalue weighted by Crippen LogP contribution is -2.15. The molecule has 128 valence electrons. The molecular formula is C18H14ClFN2O3. The topological polar surface area (TPSA) is 71.2 Å². The molecule has 0 spiro atoms. The number of H-pyrrole nitrogens is 1. The molecule has 0 aliphatic rings. The van der Waals surface area contributed by atoms with Gasteiger partial charge >= 0.3 is 5.97 Å². The molecule has 3 rings (SSSR count). The number of nitrogens with one attached hydrogen (secondary N) is 2. The highest BCUT2D eigenvalue weighted by atomic mass is 35.5. The Morgan fingerprint density at radius 1 is 1.24 bits per heavy atom. The molecule has 0 saturated heterocycles. The van der Waals surface area contributed by atoms with E-state index in [1.54, 1.807) is 12.3 Å². The van der Waals surface area contributed by atoms with Crippen LogP contribution in [0.4, 0.5) is 10.1 Å². The van der Waals surface area contributed by atoms with Crippen molar-refractivity contribution in [2.24, 2.45) is 0 Å². The van der Waals surface area contributed by atoms with Crippen LogP contribution in [-0.4, -0.2) is 24.0 Å². The average Bonchev–Trinajstić information content (AvgIpc) is 2.97. The van der Waals surface area contributed by atoms with Crippen molar-refractivity contribution in [1.82, 2.24) is 4.98 Å². The number of hydrogen-bond acceptors (Lipinski definition) is 3. The Balaban J connectivity index is 1.79. The largest absolute Gasteiger partial charge is 0.465 e. The summed E-state index contributed by atoms with van der Waals surface area (Å²) in [4.78, 5) is 26.8. The molecule has 0 bridgehead atoms. The number of rotatable bonds is 4. The van der Waals surface area contributed by atoms with Gasteiger partial charge in [0.05, 0.1) is 29.8 Å². The molecule has 0 aliphatic heterocycles. The van der Waals surface area contributed by atoms with Crippen LogP contribution in [0.5, 0.6) is 0 Å². The van der Waals surface area contributed by atoms with E-state index in [1.807, 2.05) is 0 Å². The Morgan fingerprint density at radius 2 is 2.04 bits per heavy atom. The number of carbonyl (C=O) groups is 2. The Labute approximate surface area is 147 Å². The number of esters is 1. The van der Waals surface area contributed by atoms with E-state index in [4.69, 9.17) is 11.6 Å². The first-order valence-electron chi connectivity index (χ1n) is 7.41. The van der Waals surface area contributed by atoms with E-state index in [1.165, 1.54) is 37.4 Å². The summed E-state index contributed by atoms with van der Waals surface area (Å²) in [7, 11) is 1.27. The number of ether oxygens (including phenoxy) is 1. The van der Waals surface area contributed by atoms with E-state index >= 15 is 0 Å². The summed E-state index contributed by atoms with van der Waals surface area (Å²) in [6, 6.07) is 8.81. The number of halogens is 2. The van der Waals surface area contributed by atoms with Crippen molar-refractivity contribution in [3.8, 4) is 0 Å². The number of anilines is 1. The van der Waals surface area contributed by atoms with Crippen LogP contribution >= 0.6 is 11.6 Å². The summed E-state index contributed by atoms with van der Waals surface area (Å²) in [5, 5.41) is 3.75. The lowest BCUT2D eigenvalue weighted by atomic mass is 10.1. The molecular weight excluding hydrogens is 347 g/mol. The van der Waals surface area contributed by atoms with E-state index in [9.17, 15) is 14.0 Å². The molecule has 0 radical (unpaired) electrons. The maximum atomic E-state index is 13.2. The van der Waals surface area contributed by atoms with Crippen molar-refractivity contribution in [3.63, 3.8) is 0 Å². The van der Waals surface area contributed by atoms with Gasteiger partial charge in [0.2, 0.25) is 5.91 Å². The summed E-state index contributed by atoms with van der Waals surface area (Å²) in [5.74, 6) is -1.18. The molecule has 1 amide bonds. The molecule has 7 heteroatoms. The molecule has 0 unspecified atom stereocenters. The molecule has 3 aromatic rings. The van der Waals surface area contributed by atoms with E-state index < -0.39 is 5.97 Å². The van der Waals surface area contributed by atoms with Gasteiger partial charge < -0.3 is 15.0 Å². The number of amides is 1. The minimum atomic E-state index is -0.522. The second-order valence-corrected chi connectivity index (χ2v) is 5.82. The standard InChI is InChI=1S/C18H14ClFN2O3/c1-25-18(24)10-2-5-14(19)16(6-10)22-17(23)7-11-9-21-15-8-12(20)3-4-13(11)15/h2-6,8-9,21H,7H2,1H3,(H,22,23). The van der Waals surface area contributed by atoms with E-state index in [2.05, 4.69) is 15.0 Å². The zero-order chi connectivity index (χ0) is 18.0. The molecule has 25 heavy (non-hydrogen) atoms. The lowest BCUT2D eigenvalue weighted by molar-refractivity contribution is -0.115. The summed E-state index contributed by atoms with van der Waals surface area (Å²) >= 11 is 6.07. The van der Waals surface area contributed by atoms with E-state index in [0.29, 0.717) is 16.2 Å². The van der Waals surface area contributed by atoms with Crippen LogP contribution in [0.1, 0.15) is 15.9 Å². The van der Waals surface area contributed by atoms with Gasteiger partial charge in [-0.2, -0.15) is 0 Å². The Hall–Kier alpha value is -2.86. The summed E-state index contributed by atoms with van der Waals surface area (Å²) in [6.07, 6.45) is 1.74. The fourth-order valence-corrected chi connectivity index (χ4v) is 2.70. The zero-order valence-electron chi connectivity index (χ0n) is 13.2. The van der Waals surface area contributed by atoms with Crippen molar-refractivity contribution in [2.75, 3.05) is 12.4 Å². The predicted octanol–water partition coefficient (Wildman–Crippen LogP) is 3.93. The van der Waals surface area contributed by atoms with Crippen molar-refractivity contribution in [1.29, 1.82) is 0 Å². The minimum Gasteiger partial charge on any atom is -0.465 e. The molecule has 0 fully saturated rings. The Morgan fingerprint density at radius 3 is 2.80 bits per heavy atom. The van der Waals surface area contributed by atoms with Gasteiger partial charge in [0.1, 0.15) is 5.82 Å². The summed E-state index contributed by atoms with van der Waals surface area (Å²) in [6.45, 7) is 0. The molecule has 1 aromatic heterocycles. The minimum absolute atomic E-state index is 0.0738. The number of aromatic amines is 1. The highest BCUT2D eigenvalue weighted by molar-refractivity contribution is 6.33. The molecule has 2 aromatic carbocycles. The number of fused-ring (bicyclic) bond motifs is 1. The van der Waals surface area contributed by atoms with Crippen molar-refractivity contribution in [2.45, 2.75) is 6.42 Å². The van der Waals surface area contributed by atoms with Crippen LogP contribution in [0.25, 0.3) is 10.9 Å². The van der Waals surface area contributed by atoms with E-state index in [0.717, 1.165) is 10.9 Å². The van der Waals surface area contributed by atoms with Gasteiger partial charge in [0, 0.05) is 17.1 Å². The van der Waals surface area contributed by atoms with Gasteiger partial charge in [-0.05, 0) is 42.0 Å². The average molecular weight is 361 g/mol. The molecule has 2 N–H and O–H groups in total. The first-order valence-corrected chi connectivity index (χ1v) is 7.79. The van der Waals surface area contributed by atoms with Crippen LogP contribution in [-0.2, 0) is 16.0 Å². The Kier molecular flexibility index (Phi) is 4.72. The smallest absolute Gasteiger partial charge is 0.337 e. The van der Waals surface area contributed by atoms with E-state index in [-0.39, 0.29) is 23.7 Å². The molecule has 5 nitrogen and oxygen atoms in total. The van der Waals surface area contributed by atoms with Crippen LogP contribution in [0.2, 0.25) is 5.02 Å². The fraction of sp³-hybridized carbons (Fsp3) is 0.111. The number of hydrogen-bond donors (Lipinski definition) is 2. The van der Waals surface area contributed by atoms with Crippen molar-refractivity contribution in [3.05, 3.63) is 64.6 Å². The molecule has 0 saturated carbocycles. The van der Waals surface area contributed by atoms with Crippen LogP contribution in [0.3, 0.4) is 0 Å². The first kappa shape index (κ1) is 17.0. The van der Waals surface area contributed by atoms with Crippen molar-refractivity contribution >= 4 is 40.1 Å². The van der Waals surface area contributed by atoms with Gasteiger partial charge in [0.25, 0.3) is 0 Å².